The zero-order valence-electron chi connectivity index (χ0n) is 23.7. The van der Waals surface area contributed by atoms with Crippen LogP contribution in [0.1, 0.15) is 97.2 Å². The van der Waals surface area contributed by atoms with Gasteiger partial charge in [0, 0.05) is 49.4 Å². The fourth-order valence-electron chi connectivity index (χ4n) is 7.13. The number of carbonyl (C=O) groups is 3. The van der Waals surface area contributed by atoms with Gasteiger partial charge in [0.1, 0.15) is 11.9 Å². The number of aryl methyl sites for hydroxylation is 1. The molecule has 1 unspecified atom stereocenters. The molecule has 4 heterocycles. The van der Waals surface area contributed by atoms with Crippen molar-refractivity contribution in [2.75, 3.05) is 19.6 Å². The first-order chi connectivity index (χ1) is 19.9. The largest absolute Gasteiger partial charge is 0.322 e. The Morgan fingerprint density at radius 2 is 1.80 bits per heavy atom. The van der Waals surface area contributed by atoms with Crippen LogP contribution in [0.25, 0.3) is 0 Å². The number of carbonyl (C=O) groups excluding carboxylic acids is 3. The van der Waals surface area contributed by atoms with Crippen molar-refractivity contribution in [1.29, 1.82) is 0 Å². The van der Waals surface area contributed by atoms with E-state index in [0.29, 0.717) is 18.0 Å². The summed E-state index contributed by atoms with van der Waals surface area (Å²) in [4.78, 5) is 41.2. The topological polar surface area (TPSA) is 99.6 Å². The van der Waals surface area contributed by atoms with Gasteiger partial charge in [0.15, 0.2) is 0 Å². The molecule has 2 aromatic rings. The zero-order valence-corrected chi connectivity index (χ0v) is 23.7. The average molecular weight is 565 g/mol. The smallest absolute Gasteiger partial charge is 0.255 e. The highest BCUT2D eigenvalue weighted by Crippen LogP contribution is 2.37. The fourth-order valence-corrected chi connectivity index (χ4v) is 7.13. The third kappa shape index (κ3) is 6.38. The van der Waals surface area contributed by atoms with Gasteiger partial charge >= 0.3 is 0 Å². The predicted octanol–water partition coefficient (Wildman–Crippen LogP) is 3.48. The van der Waals surface area contributed by atoms with Crippen molar-refractivity contribution < 1.29 is 18.8 Å². The molecule has 0 bridgehead atoms. The lowest BCUT2D eigenvalue weighted by Crippen LogP contribution is -2.52. The molecule has 0 spiro atoms. The number of fused-ring (bicyclic) bond motifs is 1. The second-order valence-corrected chi connectivity index (χ2v) is 12.2. The first-order valence-electron chi connectivity index (χ1n) is 15.4. The van der Waals surface area contributed by atoms with Gasteiger partial charge < -0.3 is 15.1 Å². The Morgan fingerprint density at radius 3 is 2.59 bits per heavy atom. The van der Waals surface area contributed by atoms with Crippen LogP contribution in [0, 0.1) is 5.82 Å². The molecule has 1 saturated carbocycles. The molecule has 1 aromatic heterocycles. The second-order valence-electron chi connectivity index (χ2n) is 12.2. The Hall–Kier alpha value is -3.11. The van der Waals surface area contributed by atoms with E-state index >= 15 is 0 Å². The molecule has 4 aliphatic rings. The number of hydrogen-bond acceptors (Lipinski definition) is 6. The molecular formula is C31H41FN6O3. The van der Waals surface area contributed by atoms with Crippen LogP contribution >= 0.6 is 0 Å². The van der Waals surface area contributed by atoms with Crippen molar-refractivity contribution in [2.24, 2.45) is 0 Å². The number of nitrogens with one attached hydrogen (secondary N) is 2. The highest BCUT2D eigenvalue weighted by Gasteiger charge is 2.41. The summed E-state index contributed by atoms with van der Waals surface area (Å²) < 4.78 is 16.7. The molecular weight excluding hydrogens is 523 g/mol. The van der Waals surface area contributed by atoms with E-state index in [2.05, 4.69) is 26.8 Å². The van der Waals surface area contributed by atoms with E-state index in [0.717, 1.165) is 63.1 Å². The molecule has 220 valence electrons. The van der Waals surface area contributed by atoms with Gasteiger partial charge in [-0.15, -0.1) is 0 Å². The highest BCUT2D eigenvalue weighted by atomic mass is 19.1. The third-order valence-corrected chi connectivity index (χ3v) is 9.43. The molecule has 1 aromatic carbocycles. The van der Waals surface area contributed by atoms with Crippen molar-refractivity contribution in [2.45, 2.75) is 102 Å². The van der Waals surface area contributed by atoms with Gasteiger partial charge in [0.25, 0.3) is 5.91 Å². The van der Waals surface area contributed by atoms with Gasteiger partial charge in [-0.1, -0.05) is 19.3 Å². The number of likely N-dealkylation sites (tertiary alicyclic amines) is 1. The Labute approximate surface area is 240 Å². The number of piperidine rings is 2. The number of amides is 3. The summed E-state index contributed by atoms with van der Waals surface area (Å²) in [6, 6.07) is 2.84. The number of benzene rings is 1. The molecule has 9 nitrogen and oxygen atoms in total. The summed E-state index contributed by atoms with van der Waals surface area (Å²) in [6.45, 7) is 4.91. The summed E-state index contributed by atoms with van der Waals surface area (Å²) in [6.07, 6.45) is 14.1. The summed E-state index contributed by atoms with van der Waals surface area (Å²) in [5.41, 5.74) is 3.34. The Kier molecular flexibility index (Phi) is 8.48. The molecule has 1 atom stereocenters. The molecule has 1 aliphatic carbocycles. The SMILES string of the molecule is O=C1CCC(N2Cc3c(cc(F)cc3C3CCN(CCCn4cc(CNC5CCCCC5)cn4)CC3)C2=O)C(=O)N1. The van der Waals surface area contributed by atoms with Crippen LogP contribution in [0.2, 0.25) is 0 Å². The van der Waals surface area contributed by atoms with Gasteiger partial charge in [-0.25, -0.2) is 4.39 Å². The highest BCUT2D eigenvalue weighted by molar-refractivity contribution is 6.05. The lowest BCUT2D eigenvalue weighted by atomic mass is 9.85. The van der Waals surface area contributed by atoms with E-state index in [1.54, 1.807) is 6.07 Å². The van der Waals surface area contributed by atoms with Crippen molar-refractivity contribution in [3.8, 4) is 0 Å². The second kappa shape index (κ2) is 12.4. The molecule has 3 aliphatic heterocycles. The number of imide groups is 1. The minimum atomic E-state index is -0.690. The van der Waals surface area contributed by atoms with E-state index in [-0.39, 0.29) is 30.7 Å². The van der Waals surface area contributed by atoms with E-state index in [4.69, 9.17) is 0 Å². The minimum absolute atomic E-state index is 0.176. The lowest BCUT2D eigenvalue weighted by Gasteiger charge is -2.33. The van der Waals surface area contributed by atoms with E-state index in [1.807, 2.05) is 10.9 Å². The summed E-state index contributed by atoms with van der Waals surface area (Å²) in [5, 5.41) is 10.6. The van der Waals surface area contributed by atoms with Crippen LogP contribution in [-0.2, 0) is 29.2 Å². The maximum Gasteiger partial charge on any atom is 0.255 e. The maximum atomic E-state index is 14.7. The number of nitrogens with zero attached hydrogens (tertiary/aromatic N) is 4. The number of rotatable bonds is 9. The average Bonchev–Trinajstić information content (AvgIpc) is 3.57. The molecule has 3 amide bonds. The van der Waals surface area contributed by atoms with Crippen LogP contribution < -0.4 is 10.6 Å². The normalized spacial score (nSPS) is 22.8. The van der Waals surface area contributed by atoms with Crippen LogP contribution in [0.4, 0.5) is 4.39 Å². The van der Waals surface area contributed by atoms with Gasteiger partial charge in [-0.2, -0.15) is 5.10 Å². The molecule has 2 N–H and O–H groups in total. The van der Waals surface area contributed by atoms with Gasteiger partial charge in [0.05, 0.1) is 6.20 Å². The molecule has 0 radical (unpaired) electrons. The van der Waals surface area contributed by atoms with Crippen LogP contribution in [-0.4, -0.2) is 69.0 Å². The van der Waals surface area contributed by atoms with Crippen molar-refractivity contribution in [3.05, 3.63) is 52.6 Å². The molecule has 3 fully saturated rings. The van der Waals surface area contributed by atoms with Crippen LogP contribution in [0.5, 0.6) is 0 Å². The van der Waals surface area contributed by atoms with Crippen LogP contribution in [0.3, 0.4) is 0 Å². The van der Waals surface area contributed by atoms with Gasteiger partial charge in [-0.3, -0.25) is 24.4 Å². The van der Waals surface area contributed by atoms with Crippen molar-refractivity contribution >= 4 is 17.7 Å². The van der Waals surface area contributed by atoms with E-state index < -0.39 is 17.8 Å². The van der Waals surface area contributed by atoms with E-state index in [9.17, 15) is 18.8 Å². The summed E-state index contributed by atoms with van der Waals surface area (Å²) in [7, 11) is 0. The first-order valence-corrected chi connectivity index (χ1v) is 15.4. The fraction of sp³-hybridized carbons (Fsp3) is 0.613. The third-order valence-electron chi connectivity index (χ3n) is 9.43. The van der Waals surface area contributed by atoms with Crippen molar-refractivity contribution in [1.82, 2.24) is 30.2 Å². The van der Waals surface area contributed by atoms with Crippen molar-refractivity contribution in [3.63, 3.8) is 0 Å². The molecule has 6 rings (SSSR count). The summed E-state index contributed by atoms with van der Waals surface area (Å²) in [5.74, 6) is -1.31. The maximum absolute atomic E-state index is 14.7. The van der Waals surface area contributed by atoms with Crippen LogP contribution in [0.15, 0.2) is 24.5 Å². The molecule has 2 saturated heterocycles. The lowest BCUT2D eigenvalue weighted by molar-refractivity contribution is -0.136. The minimum Gasteiger partial charge on any atom is -0.322 e. The number of aromatic nitrogens is 2. The quantitative estimate of drug-likeness (QED) is 0.453. The monoisotopic (exact) mass is 564 g/mol. The Morgan fingerprint density at radius 1 is 1.00 bits per heavy atom. The Bertz CT molecular complexity index is 1280. The Balaban J connectivity index is 0.989. The zero-order chi connectivity index (χ0) is 28.3. The van der Waals surface area contributed by atoms with E-state index in [1.165, 1.54) is 48.6 Å². The number of halogens is 1. The summed E-state index contributed by atoms with van der Waals surface area (Å²) >= 11 is 0. The van der Waals surface area contributed by atoms with Gasteiger partial charge in [0.2, 0.25) is 11.8 Å². The van der Waals surface area contributed by atoms with Gasteiger partial charge in [-0.05, 0) is 87.3 Å². The number of hydrogen-bond donors (Lipinski definition) is 2. The first kappa shape index (κ1) is 28.0. The predicted molar refractivity (Wildman–Crippen MR) is 151 cm³/mol. The molecule has 41 heavy (non-hydrogen) atoms. The standard InChI is InChI=1S/C31H41FN6O3/c32-23-15-25(27-20-38(31(41)26(27)16-23)28-7-8-29(39)35-30(28)40)22-9-13-36(14-10-22)11-4-12-37-19-21(18-34-37)17-33-24-5-2-1-3-6-24/h15-16,18-19,22,24,28,33H,1-14,17,20H2,(H,35,39,40). The molecule has 10 heteroatoms.